The van der Waals surface area contributed by atoms with Crippen LogP contribution in [-0.4, -0.2) is 23.5 Å². The van der Waals surface area contributed by atoms with Crippen molar-refractivity contribution in [1.29, 1.82) is 0 Å². The van der Waals surface area contributed by atoms with E-state index >= 15 is 0 Å². The highest BCUT2D eigenvalue weighted by Gasteiger charge is 2.23. The average molecular weight is 246 g/mol. The van der Waals surface area contributed by atoms with Crippen molar-refractivity contribution in [2.75, 3.05) is 6.54 Å². The van der Waals surface area contributed by atoms with Gasteiger partial charge in [0, 0.05) is 18.6 Å². The second-order valence-corrected chi connectivity index (χ2v) is 5.82. The van der Waals surface area contributed by atoms with Gasteiger partial charge in [-0.2, -0.15) is 0 Å². The van der Waals surface area contributed by atoms with E-state index in [4.69, 9.17) is 5.73 Å². The molecule has 2 N–H and O–H groups in total. The first-order valence-corrected chi connectivity index (χ1v) is 7.20. The number of aryl methyl sites for hydroxylation is 1. The molecule has 1 aromatic rings. The lowest BCUT2D eigenvalue weighted by Gasteiger charge is -2.36. The Kier molecular flexibility index (Phi) is 4.79. The fourth-order valence-electron chi connectivity index (χ4n) is 3.01. The Hall–Kier alpha value is -0.860. The van der Waals surface area contributed by atoms with E-state index in [0.717, 1.165) is 13.0 Å². The van der Waals surface area contributed by atoms with Crippen molar-refractivity contribution in [3.63, 3.8) is 0 Å². The van der Waals surface area contributed by atoms with Crippen LogP contribution in [0.5, 0.6) is 0 Å². The quantitative estimate of drug-likeness (QED) is 0.884. The molecule has 1 heterocycles. The van der Waals surface area contributed by atoms with Gasteiger partial charge in [-0.25, -0.2) is 0 Å². The van der Waals surface area contributed by atoms with Crippen molar-refractivity contribution >= 4 is 0 Å². The molecule has 1 saturated heterocycles. The maximum atomic E-state index is 5.98. The Morgan fingerprint density at radius 1 is 1.39 bits per heavy atom. The maximum Gasteiger partial charge on any atom is 0.0236 e. The van der Waals surface area contributed by atoms with E-state index in [1.165, 1.54) is 36.9 Å². The molecule has 0 aromatic heterocycles. The van der Waals surface area contributed by atoms with Crippen LogP contribution in [0.15, 0.2) is 24.3 Å². The lowest BCUT2D eigenvalue weighted by molar-refractivity contribution is 0.127. The highest BCUT2D eigenvalue weighted by Crippen LogP contribution is 2.22. The topological polar surface area (TPSA) is 29.3 Å². The van der Waals surface area contributed by atoms with Gasteiger partial charge < -0.3 is 5.73 Å². The SMILES string of the molecule is Cc1cccc(CN2CCCCC2CC(C)N)c1. The Bertz CT molecular complexity index is 373. The third-order valence-electron chi connectivity index (χ3n) is 3.86. The van der Waals surface area contributed by atoms with Crippen molar-refractivity contribution < 1.29 is 0 Å². The van der Waals surface area contributed by atoms with Gasteiger partial charge in [0.05, 0.1) is 0 Å². The highest BCUT2D eigenvalue weighted by atomic mass is 15.2. The van der Waals surface area contributed by atoms with Crippen LogP contribution < -0.4 is 5.73 Å². The van der Waals surface area contributed by atoms with Crippen LogP contribution in [-0.2, 0) is 6.54 Å². The van der Waals surface area contributed by atoms with Crippen molar-refractivity contribution in [3.8, 4) is 0 Å². The van der Waals surface area contributed by atoms with Crippen LogP contribution in [0.4, 0.5) is 0 Å². The largest absolute Gasteiger partial charge is 0.328 e. The van der Waals surface area contributed by atoms with Gasteiger partial charge in [0.15, 0.2) is 0 Å². The number of hydrogen-bond donors (Lipinski definition) is 1. The summed E-state index contributed by atoms with van der Waals surface area (Å²) < 4.78 is 0. The monoisotopic (exact) mass is 246 g/mol. The van der Waals surface area contributed by atoms with Crippen LogP contribution in [0, 0.1) is 6.92 Å². The molecule has 0 amide bonds. The number of hydrogen-bond acceptors (Lipinski definition) is 2. The molecule has 0 bridgehead atoms. The third-order valence-corrected chi connectivity index (χ3v) is 3.86. The number of nitrogens with two attached hydrogens (primary N) is 1. The van der Waals surface area contributed by atoms with Gasteiger partial charge in [0.25, 0.3) is 0 Å². The Balaban J connectivity index is 2.00. The molecule has 0 aliphatic carbocycles. The lowest BCUT2D eigenvalue weighted by Crippen LogP contribution is -2.41. The standard InChI is InChI=1S/C16H26N2/c1-13-6-5-7-15(10-13)12-18-9-4-3-8-16(18)11-14(2)17/h5-7,10,14,16H,3-4,8-9,11-12,17H2,1-2H3. The van der Waals surface area contributed by atoms with Crippen molar-refractivity contribution in [2.45, 2.75) is 58.2 Å². The van der Waals surface area contributed by atoms with Crippen LogP contribution >= 0.6 is 0 Å². The minimum Gasteiger partial charge on any atom is -0.328 e. The molecular formula is C16H26N2. The molecule has 2 atom stereocenters. The van der Waals surface area contributed by atoms with Gasteiger partial charge in [-0.1, -0.05) is 36.2 Å². The minimum absolute atomic E-state index is 0.313. The number of nitrogens with zero attached hydrogens (tertiary/aromatic N) is 1. The summed E-state index contributed by atoms with van der Waals surface area (Å²) in [4.78, 5) is 2.63. The van der Waals surface area contributed by atoms with Crippen LogP contribution in [0.2, 0.25) is 0 Å². The molecule has 2 rings (SSSR count). The van der Waals surface area contributed by atoms with Gasteiger partial charge in [-0.15, -0.1) is 0 Å². The molecule has 2 nitrogen and oxygen atoms in total. The molecule has 1 aliphatic heterocycles. The molecule has 1 fully saturated rings. The Morgan fingerprint density at radius 2 is 2.22 bits per heavy atom. The fourth-order valence-corrected chi connectivity index (χ4v) is 3.01. The first-order valence-electron chi connectivity index (χ1n) is 7.20. The smallest absolute Gasteiger partial charge is 0.0236 e. The summed E-state index contributed by atoms with van der Waals surface area (Å²) in [5, 5.41) is 0. The molecule has 0 saturated carbocycles. The first-order chi connectivity index (χ1) is 8.65. The minimum atomic E-state index is 0.313. The fraction of sp³-hybridized carbons (Fsp3) is 0.625. The molecule has 1 aliphatic rings. The van der Waals surface area contributed by atoms with E-state index in [1.807, 2.05) is 0 Å². The predicted molar refractivity (Wildman–Crippen MR) is 77.5 cm³/mol. The molecule has 2 heteroatoms. The summed E-state index contributed by atoms with van der Waals surface area (Å²) >= 11 is 0. The van der Waals surface area contributed by atoms with Crippen LogP contribution in [0.1, 0.15) is 43.7 Å². The summed E-state index contributed by atoms with van der Waals surface area (Å²) in [6, 6.07) is 9.86. The van der Waals surface area contributed by atoms with E-state index in [2.05, 4.69) is 43.0 Å². The van der Waals surface area contributed by atoms with E-state index < -0.39 is 0 Å². The summed E-state index contributed by atoms with van der Waals surface area (Å²) in [6.07, 6.45) is 5.14. The van der Waals surface area contributed by atoms with Gasteiger partial charge in [0.1, 0.15) is 0 Å². The number of piperidine rings is 1. The van der Waals surface area contributed by atoms with E-state index in [-0.39, 0.29) is 0 Å². The van der Waals surface area contributed by atoms with Crippen molar-refractivity contribution in [3.05, 3.63) is 35.4 Å². The summed E-state index contributed by atoms with van der Waals surface area (Å²) in [5.41, 5.74) is 8.77. The van der Waals surface area contributed by atoms with Crippen molar-refractivity contribution in [1.82, 2.24) is 4.90 Å². The predicted octanol–water partition coefficient (Wildman–Crippen LogP) is 3.09. The van der Waals surface area contributed by atoms with Gasteiger partial charge >= 0.3 is 0 Å². The molecule has 0 spiro atoms. The average Bonchev–Trinajstić information content (AvgIpc) is 2.31. The third kappa shape index (κ3) is 3.82. The number of rotatable bonds is 4. The van der Waals surface area contributed by atoms with Crippen LogP contribution in [0.3, 0.4) is 0 Å². The molecule has 1 aromatic carbocycles. The second-order valence-electron chi connectivity index (χ2n) is 5.82. The summed E-state index contributed by atoms with van der Waals surface area (Å²) in [7, 11) is 0. The summed E-state index contributed by atoms with van der Waals surface area (Å²) in [5.74, 6) is 0. The number of likely N-dealkylation sites (tertiary alicyclic amines) is 1. The van der Waals surface area contributed by atoms with E-state index in [9.17, 15) is 0 Å². The number of benzene rings is 1. The van der Waals surface area contributed by atoms with Gasteiger partial charge in [-0.05, 0) is 45.2 Å². The Morgan fingerprint density at radius 3 is 2.94 bits per heavy atom. The zero-order chi connectivity index (χ0) is 13.0. The maximum absolute atomic E-state index is 5.98. The zero-order valence-electron chi connectivity index (χ0n) is 11.7. The Labute approximate surface area is 111 Å². The second kappa shape index (κ2) is 6.35. The normalized spacial score (nSPS) is 22.9. The van der Waals surface area contributed by atoms with Crippen molar-refractivity contribution in [2.24, 2.45) is 5.73 Å². The zero-order valence-corrected chi connectivity index (χ0v) is 11.7. The van der Waals surface area contributed by atoms with Gasteiger partial charge in [-0.3, -0.25) is 4.90 Å². The van der Waals surface area contributed by atoms with Crippen LogP contribution in [0.25, 0.3) is 0 Å². The molecule has 100 valence electrons. The first kappa shape index (κ1) is 13.6. The molecule has 0 radical (unpaired) electrons. The van der Waals surface area contributed by atoms with E-state index in [0.29, 0.717) is 12.1 Å². The summed E-state index contributed by atoms with van der Waals surface area (Å²) in [6.45, 7) is 6.60. The lowest BCUT2D eigenvalue weighted by atomic mass is 9.96. The highest BCUT2D eigenvalue weighted by molar-refractivity contribution is 5.22. The molecular weight excluding hydrogens is 220 g/mol. The molecule has 2 unspecified atom stereocenters. The van der Waals surface area contributed by atoms with Gasteiger partial charge in [0.2, 0.25) is 0 Å². The van der Waals surface area contributed by atoms with E-state index in [1.54, 1.807) is 0 Å². The molecule has 18 heavy (non-hydrogen) atoms.